The van der Waals surface area contributed by atoms with Gasteiger partial charge in [-0.15, -0.1) is 0 Å². The van der Waals surface area contributed by atoms with Gasteiger partial charge in [0.05, 0.1) is 0 Å². The molecule has 2 rings (SSSR count). The number of benzene rings is 1. The summed E-state index contributed by atoms with van der Waals surface area (Å²) in [5.41, 5.74) is 1.23. The van der Waals surface area contributed by atoms with Gasteiger partial charge < -0.3 is 28.4 Å². The number of aryl methyl sites for hydroxylation is 1. The molecule has 0 saturated carbocycles. The number of hydrogen-bond acceptors (Lipinski definition) is 11. The lowest BCUT2D eigenvalue weighted by atomic mass is 9.87. The highest BCUT2D eigenvalue weighted by Crippen LogP contribution is 2.38. The van der Waals surface area contributed by atoms with Crippen molar-refractivity contribution in [3.63, 3.8) is 0 Å². The molecule has 6 atom stereocenters. The van der Waals surface area contributed by atoms with Crippen LogP contribution in [-0.4, -0.2) is 67.0 Å². The first-order valence-electron chi connectivity index (χ1n) is 11.0. The van der Waals surface area contributed by atoms with Crippen LogP contribution in [0.3, 0.4) is 0 Å². The summed E-state index contributed by atoms with van der Waals surface area (Å²) in [4.78, 5) is 59.7. The molecular formula is C24H29BrO11. The lowest BCUT2D eigenvalue weighted by Gasteiger charge is -2.46. The molecule has 0 unspecified atom stereocenters. The van der Waals surface area contributed by atoms with Crippen LogP contribution in [0.4, 0.5) is 0 Å². The number of ether oxygens (including phenoxy) is 6. The third kappa shape index (κ3) is 8.02. The molecule has 12 heteroatoms. The Kier molecular flexibility index (Phi) is 10.4. The molecule has 1 aliphatic rings. The predicted octanol–water partition coefficient (Wildman–Crippen LogP) is 2.49. The summed E-state index contributed by atoms with van der Waals surface area (Å²) >= 11 is 3.39. The van der Waals surface area contributed by atoms with Crippen LogP contribution in [0.2, 0.25) is 0 Å². The Labute approximate surface area is 216 Å². The summed E-state index contributed by atoms with van der Waals surface area (Å²) in [5.74, 6) is -3.54. The first kappa shape index (κ1) is 29.2. The Hall–Kier alpha value is -2.99. The van der Waals surface area contributed by atoms with Crippen molar-refractivity contribution >= 4 is 45.8 Å². The molecule has 198 valence electrons. The molecule has 11 nitrogen and oxygen atoms in total. The van der Waals surface area contributed by atoms with Crippen molar-refractivity contribution in [3.05, 3.63) is 33.8 Å². The van der Waals surface area contributed by atoms with Gasteiger partial charge in [0.2, 0.25) is 0 Å². The van der Waals surface area contributed by atoms with E-state index in [1.807, 2.05) is 0 Å². The average Bonchev–Trinajstić information content (AvgIpc) is 2.73. The van der Waals surface area contributed by atoms with Crippen LogP contribution in [0.1, 0.15) is 51.8 Å². The molecule has 1 saturated heterocycles. The van der Waals surface area contributed by atoms with Crippen molar-refractivity contribution in [2.24, 2.45) is 0 Å². The molecule has 1 aliphatic heterocycles. The van der Waals surface area contributed by atoms with Crippen LogP contribution >= 0.6 is 15.9 Å². The van der Waals surface area contributed by atoms with E-state index in [0.717, 1.165) is 25.2 Å². The summed E-state index contributed by atoms with van der Waals surface area (Å²) in [7, 11) is 0. The Morgan fingerprint density at radius 3 is 1.89 bits per heavy atom. The molecule has 1 heterocycles. The molecule has 1 aromatic rings. The van der Waals surface area contributed by atoms with E-state index in [2.05, 4.69) is 15.9 Å². The number of carbonyl (C=O) groups is 5. The minimum Gasteiger partial charge on any atom is -0.463 e. The number of esters is 5. The van der Waals surface area contributed by atoms with Gasteiger partial charge in [0.15, 0.2) is 24.4 Å². The van der Waals surface area contributed by atoms with Gasteiger partial charge in [-0.25, -0.2) is 0 Å². The molecule has 36 heavy (non-hydrogen) atoms. The highest BCUT2D eigenvalue weighted by molar-refractivity contribution is 9.10. The molecule has 0 N–H and O–H groups in total. The zero-order chi connectivity index (χ0) is 27.2. The van der Waals surface area contributed by atoms with Crippen LogP contribution in [0.25, 0.3) is 0 Å². The van der Waals surface area contributed by atoms with E-state index >= 15 is 0 Å². The van der Waals surface area contributed by atoms with Crippen molar-refractivity contribution < 1.29 is 52.4 Å². The second-order valence-electron chi connectivity index (χ2n) is 8.19. The van der Waals surface area contributed by atoms with Gasteiger partial charge in [0.1, 0.15) is 18.8 Å². The van der Waals surface area contributed by atoms with Crippen LogP contribution in [-0.2, 0) is 52.4 Å². The van der Waals surface area contributed by atoms with Crippen molar-refractivity contribution in [3.8, 4) is 0 Å². The van der Waals surface area contributed by atoms with Crippen LogP contribution < -0.4 is 0 Å². The average molecular weight is 573 g/mol. The smallest absolute Gasteiger partial charge is 0.303 e. The number of hydrogen-bond donors (Lipinski definition) is 0. The Morgan fingerprint density at radius 2 is 1.39 bits per heavy atom. The van der Waals surface area contributed by atoms with Gasteiger partial charge in [0.25, 0.3) is 0 Å². The molecular weight excluding hydrogens is 544 g/mol. The van der Waals surface area contributed by atoms with E-state index in [1.165, 1.54) is 13.8 Å². The van der Waals surface area contributed by atoms with E-state index in [1.54, 1.807) is 25.1 Å². The molecule has 0 amide bonds. The molecule has 0 bridgehead atoms. The van der Waals surface area contributed by atoms with Crippen molar-refractivity contribution in [2.75, 3.05) is 6.61 Å². The third-order valence-corrected chi connectivity index (χ3v) is 5.65. The monoisotopic (exact) mass is 572 g/mol. The second kappa shape index (κ2) is 12.8. The van der Waals surface area contributed by atoms with Gasteiger partial charge in [-0.05, 0) is 30.2 Å². The molecule has 1 fully saturated rings. The van der Waals surface area contributed by atoms with E-state index in [9.17, 15) is 24.0 Å². The van der Waals surface area contributed by atoms with E-state index in [0.29, 0.717) is 11.1 Å². The third-order valence-electron chi connectivity index (χ3n) is 5.16. The summed E-state index contributed by atoms with van der Waals surface area (Å²) in [5, 5.41) is 0. The van der Waals surface area contributed by atoms with E-state index in [4.69, 9.17) is 28.4 Å². The van der Waals surface area contributed by atoms with Gasteiger partial charge in [-0.2, -0.15) is 0 Å². The lowest BCUT2D eigenvalue weighted by Crippen LogP contribution is -2.63. The molecule has 1 aromatic carbocycles. The highest BCUT2D eigenvalue weighted by atomic mass is 79.9. The van der Waals surface area contributed by atoms with Crippen molar-refractivity contribution in [1.29, 1.82) is 0 Å². The molecule has 0 aliphatic carbocycles. The molecule has 0 radical (unpaired) electrons. The summed E-state index contributed by atoms with van der Waals surface area (Å²) in [6, 6.07) is 5.21. The molecule has 0 aromatic heterocycles. The fraction of sp³-hybridized carbons (Fsp3) is 0.542. The van der Waals surface area contributed by atoms with E-state index < -0.39 is 66.5 Å². The first-order valence-corrected chi connectivity index (χ1v) is 11.8. The van der Waals surface area contributed by atoms with Gasteiger partial charge in [0, 0.05) is 39.1 Å². The van der Waals surface area contributed by atoms with Crippen LogP contribution in [0.5, 0.6) is 0 Å². The zero-order valence-electron chi connectivity index (χ0n) is 20.8. The Morgan fingerprint density at radius 1 is 0.833 bits per heavy atom. The fourth-order valence-corrected chi connectivity index (χ4v) is 4.43. The fourth-order valence-electron chi connectivity index (χ4n) is 3.95. The maximum Gasteiger partial charge on any atom is 0.303 e. The van der Waals surface area contributed by atoms with Crippen LogP contribution in [0.15, 0.2) is 22.7 Å². The highest BCUT2D eigenvalue weighted by Gasteiger charge is 2.55. The normalized spacial score (nSPS) is 24.1. The summed E-state index contributed by atoms with van der Waals surface area (Å²) in [6.07, 6.45) is -7.59. The van der Waals surface area contributed by atoms with Crippen molar-refractivity contribution in [1.82, 2.24) is 0 Å². The maximum atomic E-state index is 12.1. The largest absolute Gasteiger partial charge is 0.463 e. The van der Waals surface area contributed by atoms with Gasteiger partial charge in [-0.3, -0.25) is 24.0 Å². The lowest BCUT2D eigenvalue weighted by molar-refractivity contribution is -0.268. The minimum atomic E-state index is -1.37. The number of rotatable bonds is 8. The second-order valence-corrected chi connectivity index (χ2v) is 9.11. The molecule has 0 spiro atoms. The Bertz CT molecular complexity index is 1010. The first-order chi connectivity index (χ1) is 16.8. The number of carbonyl (C=O) groups excluding carboxylic acids is 5. The SMILES string of the molecule is CC(=O)OC[C@H]1O[C@H]([C@H](OC(C)=O)c2ccc(Br)cc2C)[C@@H](OC(C)=O)[C@@H](OC(C)=O)[C@@H]1OC(C)=O. The zero-order valence-corrected chi connectivity index (χ0v) is 22.4. The summed E-state index contributed by atoms with van der Waals surface area (Å²) < 4.78 is 34.0. The predicted molar refractivity (Wildman–Crippen MR) is 125 cm³/mol. The standard InChI is InChI=1S/C24H29BrO11/c1-11-9-17(25)7-8-18(11)20(32-13(3)27)22-24(35-16(6)30)23(34-15(5)29)21(33-14(4)28)19(36-22)10-31-12(2)26/h7-9,19-24H,10H2,1-6H3/t19-,20-,21-,22-,23+,24-/m1/s1. The van der Waals surface area contributed by atoms with Crippen molar-refractivity contribution in [2.45, 2.75) is 78.2 Å². The number of halogens is 1. The minimum absolute atomic E-state index is 0.388. The quantitative estimate of drug-likeness (QED) is 0.335. The maximum absolute atomic E-state index is 12.1. The van der Waals surface area contributed by atoms with Crippen LogP contribution in [0, 0.1) is 6.92 Å². The van der Waals surface area contributed by atoms with Gasteiger partial charge in [-0.1, -0.05) is 22.0 Å². The summed E-state index contributed by atoms with van der Waals surface area (Å²) in [6.45, 7) is 7.17. The van der Waals surface area contributed by atoms with Gasteiger partial charge >= 0.3 is 29.8 Å². The Balaban J connectivity index is 2.69. The van der Waals surface area contributed by atoms with E-state index in [-0.39, 0.29) is 6.61 Å². The topological polar surface area (TPSA) is 141 Å².